The van der Waals surface area contributed by atoms with Crippen molar-refractivity contribution in [3.63, 3.8) is 0 Å². The molecule has 1 aromatic heterocycles. The molecule has 2 heterocycles. The molecule has 2 amide bonds. The normalized spacial score (nSPS) is 15.6. The van der Waals surface area contributed by atoms with Crippen LogP contribution in [0.4, 0.5) is 5.69 Å². The average Bonchev–Trinajstić information content (AvgIpc) is 3.05. The zero-order valence-electron chi connectivity index (χ0n) is 16.1. The van der Waals surface area contributed by atoms with Crippen LogP contribution in [0.5, 0.6) is 5.75 Å². The Labute approximate surface area is 163 Å². The van der Waals surface area contributed by atoms with E-state index in [1.807, 2.05) is 30.5 Å². The summed E-state index contributed by atoms with van der Waals surface area (Å²) in [4.78, 5) is 31.2. The predicted octanol–water partition coefficient (Wildman–Crippen LogP) is 3.43. The zero-order valence-corrected chi connectivity index (χ0v) is 16.9. The predicted molar refractivity (Wildman–Crippen MR) is 106 cm³/mol. The van der Waals surface area contributed by atoms with Crippen LogP contribution < -0.4 is 15.0 Å². The standard InChI is InChI=1S/C20H25N3O3S/c1-13(19-22-16(12-27-19)20(2,3)4)21-17(24)11-23-14-7-5-6-8-15(14)26-10-9-18(23)25/h5-8,12-13H,9-11H2,1-4H3,(H,21,24). The quantitative estimate of drug-likeness (QED) is 0.872. The Hall–Kier alpha value is -2.41. The second-order valence-electron chi connectivity index (χ2n) is 7.66. The number of anilines is 1. The van der Waals surface area contributed by atoms with Gasteiger partial charge in [0, 0.05) is 10.8 Å². The van der Waals surface area contributed by atoms with Gasteiger partial charge in [0.25, 0.3) is 0 Å². The third-order valence-corrected chi connectivity index (χ3v) is 5.40. The van der Waals surface area contributed by atoms with Gasteiger partial charge in [-0.25, -0.2) is 4.98 Å². The van der Waals surface area contributed by atoms with Crippen molar-refractivity contribution in [1.29, 1.82) is 0 Å². The maximum Gasteiger partial charge on any atom is 0.240 e. The number of carbonyl (C=O) groups is 2. The van der Waals surface area contributed by atoms with Gasteiger partial charge in [0.05, 0.1) is 30.5 Å². The van der Waals surface area contributed by atoms with Crippen LogP contribution in [0.3, 0.4) is 0 Å². The van der Waals surface area contributed by atoms with Crippen LogP contribution in [-0.4, -0.2) is 29.9 Å². The number of thiazole rings is 1. The van der Waals surface area contributed by atoms with E-state index in [4.69, 9.17) is 4.74 Å². The highest BCUT2D eigenvalue weighted by Crippen LogP contribution is 2.31. The molecule has 0 bridgehead atoms. The summed E-state index contributed by atoms with van der Waals surface area (Å²) in [5.41, 5.74) is 1.62. The highest BCUT2D eigenvalue weighted by molar-refractivity contribution is 7.09. The lowest BCUT2D eigenvalue weighted by atomic mass is 9.93. The highest BCUT2D eigenvalue weighted by atomic mass is 32.1. The number of aromatic nitrogens is 1. The van der Waals surface area contributed by atoms with E-state index < -0.39 is 0 Å². The van der Waals surface area contributed by atoms with Gasteiger partial charge in [0.2, 0.25) is 11.8 Å². The van der Waals surface area contributed by atoms with E-state index in [1.54, 1.807) is 6.07 Å². The molecule has 1 aliphatic heterocycles. The molecule has 0 radical (unpaired) electrons. The molecule has 1 aromatic carbocycles. The summed E-state index contributed by atoms with van der Waals surface area (Å²) in [6, 6.07) is 7.07. The Morgan fingerprint density at radius 1 is 1.37 bits per heavy atom. The third-order valence-electron chi connectivity index (χ3n) is 4.37. The second kappa shape index (κ2) is 7.68. The summed E-state index contributed by atoms with van der Waals surface area (Å²) in [6.07, 6.45) is 0.249. The van der Waals surface area contributed by atoms with Gasteiger partial charge < -0.3 is 10.1 Å². The number of rotatable bonds is 4. The molecule has 1 unspecified atom stereocenters. The van der Waals surface area contributed by atoms with E-state index in [-0.39, 0.29) is 36.2 Å². The van der Waals surface area contributed by atoms with Gasteiger partial charge in [-0.3, -0.25) is 14.5 Å². The van der Waals surface area contributed by atoms with Crippen LogP contribution in [0, 0.1) is 0 Å². The van der Waals surface area contributed by atoms with Crippen molar-refractivity contribution in [3.8, 4) is 5.75 Å². The number of para-hydroxylation sites is 2. The number of fused-ring (bicyclic) bond motifs is 1. The first kappa shape index (κ1) is 19.4. The zero-order chi connectivity index (χ0) is 19.6. The van der Waals surface area contributed by atoms with Crippen LogP contribution in [0.25, 0.3) is 0 Å². The smallest absolute Gasteiger partial charge is 0.240 e. The van der Waals surface area contributed by atoms with E-state index in [0.717, 1.165) is 10.7 Å². The van der Waals surface area contributed by atoms with Crippen LogP contribution in [-0.2, 0) is 15.0 Å². The van der Waals surface area contributed by atoms with Crippen molar-refractivity contribution in [2.45, 2.75) is 45.6 Å². The molecule has 0 spiro atoms. The number of amides is 2. The molecule has 7 heteroatoms. The Balaban J connectivity index is 1.70. The summed E-state index contributed by atoms with van der Waals surface area (Å²) < 4.78 is 5.61. The van der Waals surface area contributed by atoms with Crippen molar-refractivity contribution < 1.29 is 14.3 Å². The molecular formula is C20H25N3O3S. The molecule has 6 nitrogen and oxygen atoms in total. The Kier molecular flexibility index (Phi) is 5.51. The number of nitrogens with zero attached hydrogens (tertiary/aromatic N) is 2. The van der Waals surface area contributed by atoms with Gasteiger partial charge in [-0.05, 0) is 19.1 Å². The fraction of sp³-hybridized carbons (Fsp3) is 0.450. The minimum atomic E-state index is -0.222. The summed E-state index contributed by atoms with van der Waals surface area (Å²) >= 11 is 1.54. The van der Waals surface area contributed by atoms with Crippen molar-refractivity contribution >= 4 is 28.8 Å². The van der Waals surface area contributed by atoms with Gasteiger partial charge >= 0.3 is 0 Å². The Morgan fingerprint density at radius 3 is 2.81 bits per heavy atom. The van der Waals surface area contributed by atoms with Crippen LogP contribution in [0.15, 0.2) is 29.6 Å². The van der Waals surface area contributed by atoms with E-state index in [1.165, 1.54) is 16.2 Å². The SMILES string of the molecule is CC(NC(=O)CN1C(=O)CCOc2ccccc21)c1nc(C(C)(C)C)cs1. The maximum atomic E-state index is 12.6. The van der Waals surface area contributed by atoms with Crippen molar-refractivity contribution in [1.82, 2.24) is 10.3 Å². The fourth-order valence-corrected chi connectivity index (χ4v) is 3.87. The number of carbonyl (C=O) groups excluding carboxylic acids is 2. The summed E-state index contributed by atoms with van der Waals surface area (Å²) in [6.45, 7) is 8.52. The topological polar surface area (TPSA) is 71.5 Å². The molecule has 144 valence electrons. The largest absolute Gasteiger partial charge is 0.491 e. The summed E-state index contributed by atoms with van der Waals surface area (Å²) in [7, 11) is 0. The molecule has 27 heavy (non-hydrogen) atoms. The molecule has 1 atom stereocenters. The Morgan fingerprint density at radius 2 is 2.11 bits per heavy atom. The first-order chi connectivity index (χ1) is 12.8. The molecule has 0 saturated carbocycles. The minimum Gasteiger partial charge on any atom is -0.491 e. The van der Waals surface area contributed by atoms with Crippen LogP contribution in [0.1, 0.15) is 50.9 Å². The fourth-order valence-electron chi connectivity index (χ4n) is 2.82. The Bertz CT molecular complexity index is 841. The molecule has 3 rings (SSSR count). The lowest BCUT2D eigenvalue weighted by Crippen LogP contribution is -2.41. The van der Waals surface area contributed by atoms with Gasteiger partial charge in [-0.2, -0.15) is 0 Å². The molecule has 2 aromatic rings. The molecule has 1 aliphatic rings. The summed E-state index contributed by atoms with van der Waals surface area (Å²) in [5, 5.41) is 5.85. The summed E-state index contributed by atoms with van der Waals surface area (Å²) in [5.74, 6) is 0.283. The van der Waals surface area contributed by atoms with Gasteiger partial charge in [-0.1, -0.05) is 32.9 Å². The van der Waals surface area contributed by atoms with Crippen molar-refractivity contribution in [2.75, 3.05) is 18.1 Å². The number of hydrogen-bond acceptors (Lipinski definition) is 5. The molecule has 0 aliphatic carbocycles. The monoisotopic (exact) mass is 387 g/mol. The minimum absolute atomic E-state index is 0.0271. The lowest BCUT2D eigenvalue weighted by Gasteiger charge is -2.22. The van der Waals surface area contributed by atoms with Gasteiger partial charge in [0.15, 0.2) is 0 Å². The molecule has 0 saturated heterocycles. The number of benzene rings is 1. The van der Waals surface area contributed by atoms with Gasteiger partial charge in [0.1, 0.15) is 17.3 Å². The number of hydrogen-bond donors (Lipinski definition) is 1. The van der Waals surface area contributed by atoms with Crippen LogP contribution >= 0.6 is 11.3 Å². The van der Waals surface area contributed by atoms with Crippen molar-refractivity contribution in [3.05, 3.63) is 40.3 Å². The molecular weight excluding hydrogens is 362 g/mol. The van der Waals surface area contributed by atoms with Gasteiger partial charge in [-0.15, -0.1) is 11.3 Å². The third kappa shape index (κ3) is 4.47. The van der Waals surface area contributed by atoms with E-state index in [0.29, 0.717) is 18.0 Å². The number of nitrogens with one attached hydrogen (secondary N) is 1. The average molecular weight is 388 g/mol. The van der Waals surface area contributed by atoms with E-state index in [2.05, 4.69) is 31.1 Å². The first-order valence-electron chi connectivity index (χ1n) is 9.03. The second-order valence-corrected chi connectivity index (χ2v) is 8.55. The highest BCUT2D eigenvalue weighted by Gasteiger charge is 2.26. The first-order valence-corrected chi connectivity index (χ1v) is 9.91. The maximum absolute atomic E-state index is 12.6. The van der Waals surface area contributed by atoms with Crippen molar-refractivity contribution in [2.24, 2.45) is 0 Å². The molecule has 1 N–H and O–H groups in total. The lowest BCUT2D eigenvalue weighted by molar-refractivity contribution is -0.124. The van der Waals surface area contributed by atoms with Crippen LogP contribution in [0.2, 0.25) is 0 Å². The number of ether oxygens (including phenoxy) is 1. The van der Waals surface area contributed by atoms with E-state index >= 15 is 0 Å². The molecule has 0 fully saturated rings. The van der Waals surface area contributed by atoms with E-state index in [9.17, 15) is 9.59 Å².